The lowest BCUT2D eigenvalue weighted by Crippen LogP contribution is -2.65. The van der Waals surface area contributed by atoms with Crippen molar-refractivity contribution in [2.45, 2.75) is 89.8 Å². The fourth-order valence-corrected chi connectivity index (χ4v) is 7.41. The summed E-state index contributed by atoms with van der Waals surface area (Å²) in [7, 11) is 0. The number of hydrogen-bond acceptors (Lipinski definition) is 5. The van der Waals surface area contributed by atoms with Crippen LogP contribution >= 0.6 is 11.3 Å². The van der Waals surface area contributed by atoms with Gasteiger partial charge in [0.25, 0.3) is 0 Å². The molecular weight excluding hydrogens is 368 g/mol. The van der Waals surface area contributed by atoms with Gasteiger partial charge in [-0.05, 0) is 50.4 Å². The largest absolute Gasteiger partial charge is 0.336 e. The van der Waals surface area contributed by atoms with Gasteiger partial charge in [0.05, 0.1) is 6.54 Å². The highest BCUT2D eigenvalue weighted by molar-refractivity contribution is 7.11. The third kappa shape index (κ3) is 3.74. The smallest absolute Gasteiger partial charge is 0.223 e. The number of carbonyl (C=O) groups excluding carboxylic acids is 1. The van der Waals surface area contributed by atoms with E-state index in [9.17, 15) is 4.79 Å². The Morgan fingerprint density at radius 1 is 1.04 bits per heavy atom. The SMILES string of the molecule is Cc1nnc(CN2C[C@H]3C[C@@H](C2)[C@H](CC2CCCCC2)N2C(=O)CCC[C@@H]32)s1. The third-order valence-corrected chi connectivity index (χ3v) is 8.62. The molecule has 3 aliphatic heterocycles. The Bertz CT molecular complexity index is 700. The maximum Gasteiger partial charge on any atom is 0.223 e. The summed E-state index contributed by atoms with van der Waals surface area (Å²) in [6.45, 7) is 5.23. The van der Waals surface area contributed by atoms with Crippen LogP contribution < -0.4 is 0 Å². The van der Waals surface area contributed by atoms with E-state index in [2.05, 4.69) is 20.0 Å². The lowest BCUT2D eigenvalue weighted by atomic mass is 9.69. The van der Waals surface area contributed by atoms with Crippen molar-refractivity contribution in [3.8, 4) is 0 Å². The Balaban J connectivity index is 1.35. The normalized spacial score (nSPS) is 34.5. The Morgan fingerprint density at radius 2 is 1.86 bits per heavy atom. The molecule has 5 rings (SSSR count). The average Bonchev–Trinajstić information content (AvgIpc) is 3.11. The van der Waals surface area contributed by atoms with Crippen molar-refractivity contribution in [3.05, 3.63) is 10.0 Å². The number of fused-ring (bicyclic) bond motifs is 4. The highest BCUT2D eigenvalue weighted by atomic mass is 32.1. The first-order valence-electron chi connectivity index (χ1n) is 11.5. The van der Waals surface area contributed by atoms with E-state index in [-0.39, 0.29) is 0 Å². The van der Waals surface area contributed by atoms with Crippen LogP contribution in [0.25, 0.3) is 0 Å². The zero-order valence-electron chi connectivity index (χ0n) is 17.2. The summed E-state index contributed by atoms with van der Waals surface area (Å²) in [5.74, 6) is 2.60. The number of likely N-dealkylation sites (tertiary alicyclic amines) is 1. The number of hydrogen-bond donors (Lipinski definition) is 0. The lowest BCUT2D eigenvalue weighted by molar-refractivity contribution is -0.154. The third-order valence-electron chi connectivity index (χ3n) is 7.80. The molecule has 1 aromatic rings. The topological polar surface area (TPSA) is 49.3 Å². The van der Waals surface area contributed by atoms with Gasteiger partial charge in [0.1, 0.15) is 10.0 Å². The monoisotopic (exact) mass is 402 g/mol. The number of nitrogens with zero attached hydrogens (tertiary/aromatic N) is 4. The summed E-state index contributed by atoms with van der Waals surface area (Å²) < 4.78 is 0. The van der Waals surface area contributed by atoms with E-state index in [0.717, 1.165) is 48.4 Å². The van der Waals surface area contributed by atoms with Gasteiger partial charge in [-0.25, -0.2) is 0 Å². The van der Waals surface area contributed by atoms with Gasteiger partial charge in [0.2, 0.25) is 5.91 Å². The van der Waals surface area contributed by atoms with Gasteiger partial charge in [-0.15, -0.1) is 21.5 Å². The first kappa shape index (κ1) is 19.0. The van der Waals surface area contributed by atoms with E-state index in [0.29, 0.717) is 29.8 Å². The van der Waals surface area contributed by atoms with Gasteiger partial charge in [-0.2, -0.15) is 0 Å². The molecule has 1 aliphatic carbocycles. The number of aromatic nitrogens is 2. The summed E-state index contributed by atoms with van der Waals surface area (Å²) >= 11 is 1.73. The first-order valence-corrected chi connectivity index (χ1v) is 12.3. The van der Waals surface area contributed by atoms with Crippen LogP contribution in [-0.2, 0) is 11.3 Å². The Morgan fingerprint density at radius 3 is 2.64 bits per heavy atom. The molecule has 1 amide bonds. The average molecular weight is 403 g/mol. The molecule has 1 saturated carbocycles. The van der Waals surface area contributed by atoms with Crippen molar-refractivity contribution in [1.29, 1.82) is 0 Å². The van der Waals surface area contributed by atoms with Gasteiger partial charge < -0.3 is 4.90 Å². The number of piperidine rings is 3. The summed E-state index contributed by atoms with van der Waals surface area (Å²) in [5.41, 5.74) is 0. The second-order valence-corrected chi connectivity index (χ2v) is 11.0. The molecule has 2 bridgehead atoms. The Labute approximate surface area is 172 Å². The molecular formula is C22H34N4OS. The summed E-state index contributed by atoms with van der Waals surface area (Å²) in [5, 5.41) is 10.8. The quantitative estimate of drug-likeness (QED) is 0.763. The van der Waals surface area contributed by atoms with Crippen LogP contribution in [0.3, 0.4) is 0 Å². The van der Waals surface area contributed by atoms with Crippen LogP contribution in [0.1, 0.15) is 74.2 Å². The molecule has 4 fully saturated rings. The molecule has 0 radical (unpaired) electrons. The molecule has 28 heavy (non-hydrogen) atoms. The number of carbonyl (C=O) groups is 1. The van der Waals surface area contributed by atoms with Crippen LogP contribution in [0, 0.1) is 24.7 Å². The van der Waals surface area contributed by atoms with Crippen molar-refractivity contribution < 1.29 is 4.79 Å². The highest BCUT2D eigenvalue weighted by Gasteiger charge is 2.49. The van der Waals surface area contributed by atoms with Crippen molar-refractivity contribution >= 4 is 17.2 Å². The van der Waals surface area contributed by atoms with Gasteiger partial charge in [0.15, 0.2) is 0 Å². The van der Waals surface area contributed by atoms with Crippen LogP contribution in [0.4, 0.5) is 0 Å². The molecule has 4 heterocycles. The van der Waals surface area contributed by atoms with E-state index >= 15 is 0 Å². The molecule has 0 spiro atoms. The summed E-state index contributed by atoms with van der Waals surface area (Å²) in [4.78, 5) is 18.0. The van der Waals surface area contributed by atoms with E-state index in [1.54, 1.807) is 11.3 Å². The molecule has 3 saturated heterocycles. The molecule has 6 heteroatoms. The second-order valence-electron chi connectivity index (χ2n) is 9.73. The summed E-state index contributed by atoms with van der Waals surface area (Å²) in [6.07, 6.45) is 12.6. The molecule has 4 aliphatic rings. The molecule has 154 valence electrons. The molecule has 0 aromatic carbocycles. The minimum atomic E-state index is 0.458. The highest BCUT2D eigenvalue weighted by Crippen LogP contribution is 2.44. The molecule has 0 N–H and O–H groups in total. The molecule has 4 atom stereocenters. The zero-order valence-corrected chi connectivity index (χ0v) is 18.0. The Kier molecular flexibility index (Phi) is 5.44. The fraction of sp³-hybridized carbons (Fsp3) is 0.864. The van der Waals surface area contributed by atoms with Crippen LogP contribution in [0.2, 0.25) is 0 Å². The maximum atomic E-state index is 13.0. The maximum absolute atomic E-state index is 13.0. The zero-order chi connectivity index (χ0) is 19.1. The number of rotatable bonds is 4. The van der Waals surface area contributed by atoms with Crippen LogP contribution in [-0.4, -0.2) is 51.1 Å². The van der Waals surface area contributed by atoms with E-state index < -0.39 is 0 Å². The van der Waals surface area contributed by atoms with Gasteiger partial charge in [0, 0.05) is 31.6 Å². The van der Waals surface area contributed by atoms with Gasteiger partial charge in [-0.1, -0.05) is 32.1 Å². The second kappa shape index (κ2) is 8.02. The lowest BCUT2D eigenvalue weighted by Gasteiger charge is -2.57. The Hall–Kier alpha value is -1.01. The van der Waals surface area contributed by atoms with Crippen LogP contribution in [0.5, 0.6) is 0 Å². The predicted molar refractivity (Wildman–Crippen MR) is 111 cm³/mol. The minimum Gasteiger partial charge on any atom is -0.336 e. The van der Waals surface area contributed by atoms with E-state index in [1.807, 2.05) is 6.92 Å². The number of amides is 1. The first-order chi connectivity index (χ1) is 13.7. The van der Waals surface area contributed by atoms with Crippen molar-refractivity contribution in [3.63, 3.8) is 0 Å². The van der Waals surface area contributed by atoms with Crippen molar-refractivity contribution in [1.82, 2.24) is 20.0 Å². The molecule has 1 aromatic heterocycles. The number of aryl methyl sites for hydroxylation is 1. The minimum absolute atomic E-state index is 0.458. The van der Waals surface area contributed by atoms with Crippen molar-refractivity contribution in [2.24, 2.45) is 17.8 Å². The van der Waals surface area contributed by atoms with E-state index in [1.165, 1.54) is 51.4 Å². The fourth-order valence-electron chi connectivity index (χ4n) is 6.66. The summed E-state index contributed by atoms with van der Waals surface area (Å²) in [6, 6.07) is 0.973. The molecule has 5 nitrogen and oxygen atoms in total. The standard InChI is InChI=1S/C22H34N4OS/c1-15-23-24-21(28-15)14-25-12-17-11-18(13-25)20(10-16-6-3-2-4-7-16)26-19(17)8-5-9-22(26)27/h16-20H,2-14H2,1H3/t17-,18+,19+,20+/m1/s1. The van der Waals surface area contributed by atoms with E-state index in [4.69, 9.17) is 0 Å². The van der Waals surface area contributed by atoms with Gasteiger partial charge in [-0.3, -0.25) is 9.69 Å². The van der Waals surface area contributed by atoms with Crippen molar-refractivity contribution in [2.75, 3.05) is 13.1 Å². The molecule has 0 unspecified atom stereocenters. The van der Waals surface area contributed by atoms with Crippen LogP contribution in [0.15, 0.2) is 0 Å². The van der Waals surface area contributed by atoms with Gasteiger partial charge >= 0.3 is 0 Å². The predicted octanol–water partition coefficient (Wildman–Crippen LogP) is 4.02.